The molecule has 3 aromatic heterocycles. The highest BCUT2D eigenvalue weighted by Gasteiger charge is 2.28. The Balaban J connectivity index is 1.37. The van der Waals surface area contributed by atoms with Gasteiger partial charge in [0.15, 0.2) is 5.65 Å². The molecule has 1 aliphatic heterocycles. The first-order valence-corrected chi connectivity index (χ1v) is 10.3. The van der Waals surface area contributed by atoms with Crippen LogP contribution < -0.4 is 10.2 Å². The standard InChI is InChI=1S/C19H24N6OS/c1-13(2)18(15-4-3-11-27-15)21-19(26)14-7-9-24(10-8-14)17-6-5-16-22-20-12-25(16)23-17/h3-6,11-14,18H,7-10H2,1-2H3,(H,21,26)/t18-/m0/s1. The van der Waals surface area contributed by atoms with Gasteiger partial charge < -0.3 is 10.2 Å². The summed E-state index contributed by atoms with van der Waals surface area (Å²) in [5.74, 6) is 1.50. The molecule has 1 fully saturated rings. The number of carbonyl (C=O) groups excluding carboxylic acids is 1. The first kappa shape index (κ1) is 17.9. The maximum absolute atomic E-state index is 12.8. The molecule has 0 saturated carbocycles. The van der Waals surface area contributed by atoms with Crippen molar-refractivity contribution in [2.24, 2.45) is 11.8 Å². The monoisotopic (exact) mass is 384 g/mol. The predicted molar refractivity (Wildman–Crippen MR) is 106 cm³/mol. The normalized spacial score (nSPS) is 16.8. The predicted octanol–water partition coefficient (Wildman–Crippen LogP) is 2.92. The number of carbonyl (C=O) groups is 1. The number of aromatic nitrogens is 4. The molecule has 0 unspecified atom stereocenters. The van der Waals surface area contributed by atoms with Crippen LogP contribution in [0.4, 0.5) is 5.82 Å². The van der Waals surface area contributed by atoms with Gasteiger partial charge in [0.25, 0.3) is 0 Å². The van der Waals surface area contributed by atoms with E-state index in [2.05, 4.69) is 50.8 Å². The quantitative estimate of drug-likeness (QED) is 0.732. The van der Waals surface area contributed by atoms with Gasteiger partial charge >= 0.3 is 0 Å². The first-order valence-electron chi connectivity index (χ1n) is 9.37. The number of nitrogens with zero attached hydrogens (tertiary/aromatic N) is 5. The summed E-state index contributed by atoms with van der Waals surface area (Å²) in [6.45, 7) is 5.95. The van der Waals surface area contributed by atoms with E-state index in [1.165, 1.54) is 4.88 Å². The fraction of sp³-hybridized carbons (Fsp3) is 0.474. The zero-order valence-corrected chi connectivity index (χ0v) is 16.4. The number of hydrogen-bond donors (Lipinski definition) is 1. The lowest BCUT2D eigenvalue weighted by molar-refractivity contribution is -0.126. The maximum atomic E-state index is 12.8. The lowest BCUT2D eigenvalue weighted by Crippen LogP contribution is -2.42. The molecule has 1 N–H and O–H groups in total. The van der Waals surface area contributed by atoms with Crippen molar-refractivity contribution in [3.63, 3.8) is 0 Å². The Kier molecular flexibility index (Phi) is 5.07. The minimum Gasteiger partial charge on any atom is -0.355 e. The molecule has 0 spiro atoms. The summed E-state index contributed by atoms with van der Waals surface area (Å²) >= 11 is 1.70. The van der Waals surface area contributed by atoms with Crippen molar-refractivity contribution in [3.05, 3.63) is 40.8 Å². The van der Waals surface area contributed by atoms with Gasteiger partial charge in [0, 0.05) is 23.9 Å². The van der Waals surface area contributed by atoms with Gasteiger partial charge in [-0.25, -0.2) is 0 Å². The molecule has 142 valence electrons. The smallest absolute Gasteiger partial charge is 0.223 e. The molecule has 1 aliphatic rings. The summed E-state index contributed by atoms with van der Waals surface area (Å²) in [5.41, 5.74) is 0.737. The van der Waals surface area contributed by atoms with Crippen molar-refractivity contribution in [2.45, 2.75) is 32.7 Å². The van der Waals surface area contributed by atoms with Gasteiger partial charge in [0.05, 0.1) is 6.04 Å². The van der Waals surface area contributed by atoms with Gasteiger partial charge in [-0.2, -0.15) is 4.52 Å². The van der Waals surface area contributed by atoms with Crippen LogP contribution in [0.5, 0.6) is 0 Å². The topological polar surface area (TPSA) is 75.4 Å². The Morgan fingerprint density at radius 1 is 1.26 bits per heavy atom. The number of nitrogens with one attached hydrogen (secondary N) is 1. The average Bonchev–Trinajstić information content (AvgIpc) is 3.36. The van der Waals surface area contributed by atoms with Crippen LogP contribution >= 0.6 is 11.3 Å². The Bertz CT molecular complexity index is 898. The molecule has 1 atom stereocenters. The van der Waals surface area contributed by atoms with Crippen molar-refractivity contribution in [2.75, 3.05) is 18.0 Å². The number of piperidine rings is 1. The van der Waals surface area contributed by atoms with Crippen LogP contribution in [0.3, 0.4) is 0 Å². The third-order valence-electron chi connectivity index (χ3n) is 5.15. The average molecular weight is 385 g/mol. The Morgan fingerprint density at radius 3 is 2.78 bits per heavy atom. The Hall–Kier alpha value is -2.48. The van der Waals surface area contributed by atoms with Crippen molar-refractivity contribution < 1.29 is 4.79 Å². The Labute approximate surface area is 162 Å². The van der Waals surface area contributed by atoms with Crippen molar-refractivity contribution >= 4 is 28.7 Å². The summed E-state index contributed by atoms with van der Waals surface area (Å²) in [4.78, 5) is 16.3. The molecule has 3 aromatic rings. The second-order valence-electron chi connectivity index (χ2n) is 7.33. The number of amides is 1. The molecular weight excluding hydrogens is 360 g/mol. The van der Waals surface area contributed by atoms with E-state index in [0.717, 1.165) is 37.4 Å². The molecule has 4 rings (SSSR count). The van der Waals surface area contributed by atoms with E-state index in [1.807, 2.05) is 18.2 Å². The van der Waals surface area contributed by atoms with E-state index < -0.39 is 0 Å². The first-order chi connectivity index (χ1) is 13.1. The number of hydrogen-bond acceptors (Lipinski definition) is 6. The molecule has 0 bridgehead atoms. The van der Waals surface area contributed by atoms with Crippen LogP contribution in [0.15, 0.2) is 36.0 Å². The molecule has 0 aromatic carbocycles. The van der Waals surface area contributed by atoms with E-state index in [9.17, 15) is 4.79 Å². The fourth-order valence-corrected chi connectivity index (χ4v) is 4.51. The highest BCUT2D eigenvalue weighted by molar-refractivity contribution is 7.10. The summed E-state index contributed by atoms with van der Waals surface area (Å²) in [6, 6.07) is 8.12. The summed E-state index contributed by atoms with van der Waals surface area (Å²) in [5, 5.41) is 17.7. The molecule has 4 heterocycles. The molecule has 7 nitrogen and oxygen atoms in total. The second-order valence-corrected chi connectivity index (χ2v) is 8.31. The lowest BCUT2D eigenvalue weighted by atomic mass is 9.94. The van der Waals surface area contributed by atoms with Crippen LogP contribution in [0, 0.1) is 11.8 Å². The highest BCUT2D eigenvalue weighted by Crippen LogP contribution is 2.28. The van der Waals surface area contributed by atoms with Gasteiger partial charge in [-0.15, -0.1) is 26.6 Å². The van der Waals surface area contributed by atoms with Crippen molar-refractivity contribution in [1.29, 1.82) is 0 Å². The summed E-state index contributed by atoms with van der Waals surface area (Å²) in [7, 11) is 0. The van der Waals surface area contributed by atoms with E-state index in [-0.39, 0.29) is 17.9 Å². The zero-order chi connectivity index (χ0) is 18.8. The van der Waals surface area contributed by atoms with Crippen LogP contribution in [-0.4, -0.2) is 38.8 Å². The van der Waals surface area contributed by atoms with Crippen molar-refractivity contribution in [3.8, 4) is 0 Å². The van der Waals surface area contributed by atoms with Gasteiger partial charge in [0.1, 0.15) is 12.1 Å². The molecule has 1 saturated heterocycles. The van der Waals surface area contributed by atoms with Gasteiger partial charge in [0.2, 0.25) is 5.91 Å². The highest BCUT2D eigenvalue weighted by atomic mass is 32.1. The van der Waals surface area contributed by atoms with Crippen molar-refractivity contribution in [1.82, 2.24) is 25.1 Å². The minimum absolute atomic E-state index is 0.0566. The summed E-state index contributed by atoms with van der Waals surface area (Å²) in [6.07, 6.45) is 3.28. The number of fused-ring (bicyclic) bond motifs is 1. The molecule has 0 aliphatic carbocycles. The van der Waals surface area contributed by atoms with Gasteiger partial charge in [-0.05, 0) is 42.3 Å². The van der Waals surface area contributed by atoms with Crippen LogP contribution in [0.2, 0.25) is 0 Å². The molecule has 27 heavy (non-hydrogen) atoms. The third kappa shape index (κ3) is 3.80. The summed E-state index contributed by atoms with van der Waals surface area (Å²) < 4.78 is 1.68. The lowest BCUT2D eigenvalue weighted by Gasteiger charge is -2.33. The van der Waals surface area contributed by atoms with E-state index in [4.69, 9.17) is 0 Å². The minimum atomic E-state index is 0.0566. The number of thiophene rings is 1. The molecular formula is C19H24N6OS. The SMILES string of the molecule is CC(C)[C@H](NC(=O)C1CCN(c2ccc3nncn3n2)CC1)c1cccs1. The largest absolute Gasteiger partial charge is 0.355 e. The maximum Gasteiger partial charge on any atom is 0.223 e. The molecule has 0 radical (unpaired) electrons. The van der Waals surface area contributed by atoms with E-state index in [1.54, 1.807) is 22.2 Å². The van der Waals surface area contributed by atoms with Crippen LogP contribution in [0.1, 0.15) is 37.6 Å². The number of rotatable bonds is 5. The third-order valence-corrected chi connectivity index (χ3v) is 6.11. The second kappa shape index (κ2) is 7.64. The fourth-order valence-electron chi connectivity index (χ4n) is 3.56. The number of anilines is 1. The van der Waals surface area contributed by atoms with E-state index >= 15 is 0 Å². The Morgan fingerprint density at radius 2 is 2.07 bits per heavy atom. The van der Waals surface area contributed by atoms with Gasteiger partial charge in [-0.3, -0.25) is 4.79 Å². The molecule has 8 heteroatoms. The van der Waals surface area contributed by atoms with Crippen LogP contribution in [0.25, 0.3) is 5.65 Å². The van der Waals surface area contributed by atoms with Crippen LogP contribution in [-0.2, 0) is 4.79 Å². The van der Waals surface area contributed by atoms with Gasteiger partial charge in [-0.1, -0.05) is 19.9 Å². The molecule has 1 amide bonds. The zero-order valence-electron chi connectivity index (χ0n) is 15.6. The van der Waals surface area contributed by atoms with E-state index in [0.29, 0.717) is 5.92 Å².